The maximum Gasteiger partial charge on any atom is 0.326 e. The molecule has 0 radical (unpaired) electrons. The first kappa shape index (κ1) is 29.1. The summed E-state index contributed by atoms with van der Waals surface area (Å²) in [6, 6.07) is 27.5. The Morgan fingerprint density at radius 2 is 1.43 bits per heavy atom. The summed E-state index contributed by atoms with van der Waals surface area (Å²) >= 11 is 0. The van der Waals surface area contributed by atoms with Crippen molar-refractivity contribution in [2.75, 3.05) is 13.2 Å². The fraction of sp³-hybridized carbons (Fsp3) is 0.333. The Labute approximate surface area is 238 Å². The molecule has 3 aromatic rings. The van der Waals surface area contributed by atoms with E-state index in [9.17, 15) is 9.59 Å². The fourth-order valence-corrected chi connectivity index (χ4v) is 9.71. The number of rotatable bonds is 8. The molecule has 0 aliphatic carbocycles. The van der Waals surface area contributed by atoms with Crippen LogP contribution < -0.4 is 20.4 Å². The van der Waals surface area contributed by atoms with Crippen molar-refractivity contribution >= 4 is 30.6 Å². The fourth-order valence-electron chi connectivity index (χ4n) is 5.27. The molecule has 0 bridgehead atoms. The first-order valence-corrected chi connectivity index (χ1v) is 15.5. The number of imide groups is 1. The first-order valence-electron chi connectivity index (χ1n) is 13.6. The van der Waals surface area contributed by atoms with Gasteiger partial charge < -0.3 is 14.5 Å². The number of urea groups is 1. The Balaban J connectivity index is 1.51. The van der Waals surface area contributed by atoms with Crippen molar-refractivity contribution in [2.45, 2.75) is 58.2 Å². The highest BCUT2D eigenvalue weighted by molar-refractivity contribution is 6.99. The van der Waals surface area contributed by atoms with Crippen molar-refractivity contribution in [1.82, 2.24) is 10.2 Å². The van der Waals surface area contributed by atoms with Crippen molar-refractivity contribution in [3.05, 3.63) is 90.5 Å². The normalized spacial score (nSPS) is 17.4. The van der Waals surface area contributed by atoms with Crippen LogP contribution in [0, 0.1) is 11.8 Å². The summed E-state index contributed by atoms with van der Waals surface area (Å²) in [5, 5.41) is 5.02. The van der Waals surface area contributed by atoms with E-state index in [1.54, 1.807) is 6.92 Å². The SMILES string of the molecule is CC(C)Oc1ccc(C2(C)NC(=O)N(CC#CCO[Si](c3ccccc3)(c3ccccc3)C(C)(C)C)C2=O)cc1. The minimum Gasteiger partial charge on any atom is -0.491 e. The van der Waals surface area contributed by atoms with Gasteiger partial charge in [0.05, 0.1) is 19.3 Å². The minimum absolute atomic E-state index is 0.0150. The number of nitrogens with zero attached hydrogens (tertiary/aromatic N) is 1. The van der Waals surface area contributed by atoms with Crippen molar-refractivity contribution in [1.29, 1.82) is 0 Å². The third kappa shape index (κ3) is 5.69. The summed E-state index contributed by atoms with van der Waals surface area (Å²) < 4.78 is 12.5. The Morgan fingerprint density at radius 1 is 0.875 bits per heavy atom. The lowest BCUT2D eigenvalue weighted by atomic mass is 9.92. The number of carbonyl (C=O) groups excluding carboxylic acids is 2. The topological polar surface area (TPSA) is 67.9 Å². The van der Waals surface area contributed by atoms with Gasteiger partial charge >= 0.3 is 6.03 Å². The maximum absolute atomic E-state index is 13.3. The summed E-state index contributed by atoms with van der Waals surface area (Å²) in [5.41, 5.74) is -0.479. The van der Waals surface area contributed by atoms with Crippen LogP contribution >= 0.6 is 0 Å². The van der Waals surface area contributed by atoms with Crippen LogP contribution in [-0.4, -0.2) is 44.4 Å². The number of amides is 3. The highest BCUT2D eigenvalue weighted by Crippen LogP contribution is 2.36. The third-order valence-corrected chi connectivity index (χ3v) is 12.2. The average Bonchev–Trinajstić information content (AvgIpc) is 3.14. The molecule has 40 heavy (non-hydrogen) atoms. The Kier molecular flexibility index (Phi) is 8.53. The Bertz CT molecular complexity index is 1350. The number of benzene rings is 3. The van der Waals surface area contributed by atoms with E-state index < -0.39 is 19.9 Å². The van der Waals surface area contributed by atoms with Gasteiger partial charge in [0.1, 0.15) is 11.3 Å². The monoisotopic (exact) mass is 554 g/mol. The predicted molar refractivity (Wildman–Crippen MR) is 161 cm³/mol. The number of nitrogens with one attached hydrogen (secondary N) is 1. The van der Waals surface area contributed by atoms with Crippen molar-refractivity contribution in [3.8, 4) is 17.6 Å². The van der Waals surface area contributed by atoms with Crippen LogP contribution in [0.15, 0.2) is 84.9 Å². The van der Waals surface area contributed by atoms with E-state index in [0.717, 1.165) is 4.90 Å². The van der Waals surface area contributed by atoms with Crippen molar-refractivity contribution in [2.24, 2.45) is 0 Å². The van der Waals surface area contributed by atoms with E-state index >= 15 is 0 Å². The molecule has 1 unspecified atom stereocenters. The Morgan fingerprint density at radius 3 is 1.93 bits per heavy atom. The van der Waals surface area contributed by atoms with Gasteiger partial charge in [0.2, 0.25) is 0 Å². The second kappa shape index (κ2) is 11.7. The summed E-state index contributed by atoms with van der Waals surface area (Å²) in [4.78, 5) is 27.3. The maximum atomic E-state index is 13.3. The Hall–Kier alpha value is -3.86. The average molecular weight is 555 g/mol. The molecule has 0 aromatic heterocycles. The van der Waals surface area contributed by atoms with E-state index in [-0.39, 0.29) is 30.2 Å². The summed E-state index contributed by atoms with van der Waals surface area (Å²) in [6.07, 6.45) is 0.0453. The lowest BCUT2D eigenvalue weighted by Gasteiger charge is -2.42. The third-order valence-electron chi connectivity index (χ3n) is 7.22. The van der Waals surface area contributed by atoms with Gasteiger partial charge in [0.25, 0.3) is 14.2 Å². The van der Waals surface area contributed by atoms with Crippen molar-refractivity contribution in [3.63, 3.8) is 0 Å². The standard InChI is InChI=1S/C33H38N2O4Si/c1-25(2)39-27-21-19-26(20-22-27)33(6)30(36)35(31(37)34-33)23-13-14-24-38-40(32(3,4)5,28-15-9-7-10-16-28)29-17-11-8-12-18-29/h7-12,15-22,25H,23-24H2,1-6H3,(H,34,37). The first-order chi connectivity index (χ1) is 19.0. The number of carbonyl (C=O) groups is 2. The molecule has 0 spiro atoms. The second-order valence-electron chi connectivity index (χ2n) is 11.4. The van der Waals surface area contributed by atoms with Gasteiger partial charge in [-0.15, -0.1) is 0 Å². The lowest BCUT2D eigenvalue weighted by Crippen LogP contribution is -2.66. The van der Waals surface area contributed by atoms with Crippen LogP contribution in [0.5, 0.6) is 5.75 Å². The molecule has 1 saturated heterocycles. The van der Waals surface area contributed by atoms with Crippen LogP contribution in [0.1, 0.15) is 47.1 Å². The summed E-state index contributed by atoms with van der Waals surface area (Å²) in [7, 11) is -2.71. The molecule has 1 aliphatic rings. The van der Waals surface area contributed by atoms with E-state index in [2.05, 4.69) is 62.2 Å². The number of hydrogen-bond donors (Lipinski definition) is 1. The van der Waals surface area contributed by atoms with E-state index in [1.807, 2.05) is 74.5 Å². The summed E-state index contributed by atoms with van der Waals surface area (Å²) in [5.74, 6) is 6.47. The van der Waals surface area contributed by atoms with E-state index in [0.29, 0.717) is 11.3 Å². The zero-order valence-corrected chi connectivity index (χ0v) is 25.2. The van der Waals surface area contributed by atoms with Gasteiger partial charge in [0, 0.05) is 0 Å². The van der Waals surface area contributed by atoms with Crippen LogP contribution in [0.4, 0.5) is 4.79 Å². The largest absolute Gasteiger partial charge is 0.491 e. The van der Waals surface area contributed by atoms with Gasteiger partial charge in [-0.2, -0.15) is 0 Å². The van der Waals surface area contributed by atoms with Gasteiger partial charge in [-0.05, 0) is 53.9 Å². The molecule has 1 heterocycles. The van der Waals surface area contributed by atoms with Crippen LogP contribution in [-0.2, 0) is 14.8 Å². The minimum atomic E-state index is -2.71. The van der Waals surface area contributed by atoms with Gasteiger partial charge in [-0.1, -0.05) is 105 Å². The van der Waals surface area contributed by atoms with Gasteiger partial charge in [0.15, 0.2) is 0 Å². The second-order valence-corrected chi connectivity index (χ2v) is 15.7. The quantitative estimate of drug-likeness (QED) is 0.246. The number of ether oxygens (including phenoxy) is 1. The molecule has 1 atom stereocenters. The molecule has 3 amide bonds. The van der Waals surface area contributed by atoms with Crippen LogP contribution in [0.3, 0.4) is 0 Å². The molecule has 1 aliphatic heterocycles. The molecule has 1 N–H and O–H groups in total. The lowest BCUT2D eigenvalue weighted by molar-refractivity contribution is -0.130. The molecule has 4 rings (SSSR count). The molecule has 208 valence electrons. The zero-order chi connectivity index (χ0) is 29.0. The zero-order valence-electron chi connectivity index (χ0n) is 24.2. The smallest absolute Gasteiger partial charge is 0.326 e. The molecule has 0 saturated carbocycles. The molecule has 7 heteroatoms. The van der Waals surface area contributed by atoms with Gasteiger partial charge in [-0.3, -0.25) is 9.69 Å². The predicted octanol–water partition coefficient (Wildman–Crippen LogP) is 4.82. The summed E-state index contributed by atoms with van der Waals surface area (Å²) in [6.45, 7) is 12.4. The number of hydrogen-bond acceptors (Lipinski definition) is 4. The van der Waals surface area contributed by atoms with Crippen molar-refractivity contribution < 1.29 is 18.8 Å². The highest BCUT2D eigenvalue weighted by atomic mass is 28.4. The van der Waals surface area contributed by atoms with Gasteiger partial charge in [-0.25, -0.2) is 4.79 Å². The van der Waals surface area contributed by atoms with E-state index in [1.165, 1.54) is 10.4 Å². The molecule has 1 fully saturated rings. The molecular weight excluding hydrogens is 516 g/mol. The molecular formula is C33H38N2O4Si. The van der Waals surface area contributed by atoms with E-state index in [4.69, 9.17) is 9.16 Å². The highest BCUT2D eigenvalue weighted by Gasteiger charge is 2.50. The molecule has 6 nitrogen and oxygen atoms in total. The van der Waals surface area contributed by atoms with Crippen LogP contribution in [0.2, 0.25) is 5.04 Å². The molecule has 3 aromatic carbocycles. The van der Waals surface area contributed by atoms with Crippen LogP contribution in [0.25, 0.3) is 0 Å².